The fourth-order valence-electron chi connectivity index (χ4n) is 2.35. The summed E-state index contributed by atoms with van der Waals surface area (Å²) in [7, 11) is 0. The van der Waals surface area contributed by atoms with Crippen molar-refractivity contribution < 1.29 is 29.2 Å². The minimum atomic E-state index is -0.994. The second-order valence-electron chi connectivity index (χ2n) is 5.95. The van der Waals surface area contributed by atoms with Crippen LogP contribution in [-0.2, 0) is 21.0 Å². The molecule has 0 saturated carbocycles. The van der Waals surface area contributed by atoms with E-state index < -0.39 is 23.3 Å². The Labute approximate surface area is 177 Å². The maximum Gasteiger partial charge on any atom is 0.329 e. The van der Waals surface area contributed by atoms with E-state index in [0.29, 0.717) is 16.7 Å². The van der Waals surface area contributed by atoms with E-state index in [1.54, 1.807) is 49.4 Å². The van der Waals surface area contributed by atoms with E-state index >= 15 is 0 Å². The van der Waals surface area contributed by atoms with Gasteiger partial charge in [0.1, 0.15) is 6.04 Å². The van der Waals surface area contributed by atoms with Crippen LogP contribution >= 0.6 is 11.8 Å². The SMILES string of the molecule is CCOC(=O)C(CSC(=O)c1ccc(CON([O-])O)cc1)NC(=O)c1ccccc1. The Kier molecular flexibility index (Phi) is 9.45. The molecule has 2 aromatic carbocycles. The summed E-state index contributed by atoms with van der Waals surface area (Å²) in [5.74, 6) is -1.07. The summed E-state index contributed by atoms with van der Waals surface area (Å²) in [5.41, 5.74) is 1.33. The number of carbonyl (C=O) groups is 3. The Morgan fingerprint density at radius 1 is 1.10 bits per heavy atom. The lowest BCUT2D eigenvalue weighted by Crippen LogP contribution is -2.43. The van der Waals surface area contributed by atoms with Crippen LogP contribution in [0.1, 0.15) is 33.2 Å². The lowest BCUT2D eigenvalue weighted by atomic mass is 10.2. The number of carbonyl (C=O) groups excluding carboxylic acids is 3. The highest BCUT2D eigenvalue weighted by molar-refractivity contribution is 8.14. The number of nitrogens with zero attached hydrogens (tertiary/aromatic N) is 1. The maximum atomic E-state index is 12.4. The average Bonchev–Trinajstić information content (AvgIpc) is 2.75. The molecule has 1 atom stereocenters. The second kappa shape index (κ2) is 12.1. The molecule has 2 aromatic rings. The maximum absolute atomic E-state index is 12.4. The Balaban J connectivity index is 1.97. The molecule has 0 spiro atoms. The van der Waals surface area contributed by atoms with Crippen LogP contribution in [0.15, 0.2) is 54.6 Å². The molecule has 0 aromatic heterocycles. The molecule has 160 valence electrons. The number of rotatable bonds is 10. The van der Waals surface area contributed by atoms with Gasteiger partial charge in [-0.1, -0.05) is 54.2 Å². The molecule has 2 N–H and O–H groups in total. The first kappa shape index (κ1) is 23.5. The summed E-state index contributed by atoms with van der Waals surface area (Å²) in [4.78, 5) is 41.4. The van der Waals surface area contributed by atoms with Gasteiger partial charge in [-0.15, -0.1) is 5.39 Å². The van der Waals surface area contributed by atoms with Crippen molar-refractivity contribution in [1.29, 1.82) is 0 Å². The molecule has 0 aliphatic rings. The van der Waals surface area contributed by atoms with Gasteiger partial charge in [0.05, 0.1) is 13.2 Å². The van der Waals surface area contributed by atoms with Gasteiger partial charge in [0.15, 0.2) is 0 Å². The molecular weight excluding hydrogens is 412 g/mol. The van der Waals surface area contributed by atoms with E-state index in [1.165, 1.54) is 12.1 Å². The molecule has 1 unspecified atom stereocenters. The van der Waals surface area contributed by atoms with Gasteiger partial charge in [0.2, 0.25) is 5.12 Å². The van der Waals surface area contributed by atoms with Crippen molar-refractivity contribution in [3.05, 3.63) is 76.5 Å². The topological polar surface area (TPSA) is 128 Å². The minimum Gasteiger partial charge on any atom is -0.738 e. The predicted molar refractivity (Wildman–Crippen MR) is 109 cm³/mol. The van der Waals surface area contributed by atoms with E-state index in [-0.39, 0.29) is 24.1 Å². The number of benzene rings is 2. The standard InChI is InChI=1S/C20H21N2O7S/c1-2-28-19(24)17(21-18(23)15-6-4-3-5-7-15)13-30-20(25)16-10-8-14(9-11-16)12-29-22(26)27/h3-11,17,26H,2,12-13H2,1H3,(H,21,23)/q-1. The van der Waals surface area contributed by atoms with Crippen LogP contribution in [0.5, 0.6) is 0 Å². The zero-order valence-corrected chi connectivity index (χ0v) is 17.0. The Morgan fingerprint density at radius 2 is 1.77 bits per heavy atom. The fourth-order valence-corrected chi connectivity index (χ4v) is 3.19. The molecule has 0 heterocycles. The first-order valence-electron chi connectivity index (χ1n) is 8.98. The lowest BCUT2D eigenvalue weighted by molar-refractivity contribution is -0.312. The molecule has 0 bridgehead atoms. The quantitative estimate of drug-likeness (QED) is 0.429. The second-order valence-corrected chi connectivity index (χ2v) is 6.94. The minimum absolute atomic E-state index is 0.00322. The first-order chi connectivity index (χ1) is 14.4. The highest BCUT2D eigenvalue weighted by Gasteiger charge is 2.24. The van der Waals surface area contributed by atoms with Crippen LogP contribution in [0.25, 0.3) is 0 Å². The van der Waals surface area contributed by atoms with Gasteiger partial charge in [-0.2, -0.15) is 0 Å². The summed E-state index contributed by atoms with van der Waals surface area (Å²) in [6.45, 7) is 1.64. The molecule has 30 heavy (non-hydrogen) atoms. The Bertz CT molecular complexity index is 844. The van der Waals surface area contributed by atoms with Gasteiger partial charge in [0.25, 0.3) is 5.91 Å². The highest BCUT2D eigenvalue weighted by atomic mass is 32.2. The van der Waals surface area contributed by atoms with Crippen LogP contribution in [0, 0.1) is 5.21 Å². The molecule has 2 rings (SSSR count). The number of amides is 1. The molecule has 0 aliphatic carbocycles. The summed E-state index contributed by atoms with van der Waals surface area (Å²) in [6, 6.07) is 13.6. The molecule has 0 saturated heterocycles. The average molecular weight is 433 g/mol. The molecule has 0 fully saturated rings. The van der Waals surface area contributed by atoms with E-state index in [9.17, 15) is 19.6 Å². The highest BCUT2D eigenvalue weighted by Crippen LogP contribution is 2.16. The third kappa shape index (κ3) is 7.58. The van der Waals surface area contributed by atoms with Crippen molar-refractivity contribution in [1.82, 2.24) is 10.7 Å². The third-order valence-electron chi connectivity index (χ3n) is 3.82. The van der Waals surface area contributed by atoms with E-state index in [0.717, 1.165) is 11.8 Å². The summed E-state index contributed by atoms with van der Waals surface area (Å²) >= 11 is 0.869. The third-order valence-corrected chi connectivity index (χ3v) is 4.82. The smallest absolute Gasteiger partial charge is 0.329 e. The van der Waals surface area contributed by atoms with Crippen molar-refractivity contribution in [3.8, 4) is 0 Å². The van der Waals surface area contributed by atoms with Gasteiger partial charge < -0.3 is 20.5 Å². The van der Waals surface area contributed by atoms with Crippen LogP contribution in [0.2, 0.25) is 0 Å². The van der Waals surface area contributed by atoms with Gasteiger partial charge in [-0.3, -0.25) is 14.4 Å². The number of hydrogen-bond acceptors (Lipinski definition) is 9. The van der Waals surface area contributed by atoms with Crippen molar-refractivity contribution in [2.75, 3.05) is 12.4 Å². The lowest BCUT2D eigenvalue weighted by Gasteiger charge is -2.18. The Morgan fingerprint density at radius 3 is 2.37 bits per heavy atom. The number of nitrogens with one attached hydrogen (secondary N) is 1. The van der Waals surface area contributed by atoms with Crippen molar-refractivity contribution in [2.24, 2.45) is 0 Å². The number of hydrogen-bond donors (Lipinski definition) is 2. The summed E-state index contributed by atoms with van der Waals surface area (Å²) in [5, 5.41) is 20.4. The van der Waals surface area contributed by atoms with E-state index in [4.69, 9.17) is 9.94 Å². The number of thioether (sulfide) groups is 1. The molecule has 9 nitrogen and oxygen atoms in total. The number of ether oxygens (including phenoxy) is 1. The Hall–Kier alpha value is -2.76. The van der Waals surface area contributed by atoms with Crippen LogP contribution < -0.4 is 5.32 Å². The molecule has 0 radical (unpaired) electrons. The zero-order chi connectivity index (χ0) is 21.9. The molecule has 0 aliphatic heterocycles. The van der Waals surface area contributed by atoms with Crippen LogP contribution in [-0.4, -0.2) is 46.0 Å². The zero-order valence-electron chi connectivity index (χ0n) is 16.1. The van der Waals surface area contributed by atoms with Crippen LogP contribution in [0.4, 0.5) is 0 Å². The molecule has 10 heteroatoms. The monoisotopic (exact) mass is 433 g/mol. The van der Waals surface area contributed by atoms with Crippen molar-refractivity contribution >= 4 is 28.8 Å². The van der Waals surface area contributed by atoms with E-state index in [1.807, 2.05) is 0 Å². The first-order valence-corrected chi connectivity index (χ1v) is 9.97. The van der Waals surface area contributed by atoms with Gasteiger partial charge in [0, 0.05) is 16.9 Å². The predicted octanol–water partition coefficient (Wildman–Crippen LogP) is 2.54. The van der Waals surface area contributed by atoms with Crippen molar-refractivity contribution in [3.63, 3.8) is 0 Å². The summed E-state index contributed by atoms with van der Waals surface area (Å²) in [6.07, 6.45) is 0. The summed E-state index contributed by atoms with van der Waals surface area (Å²) < 4.78 is 5.00. The number of esters is 1. The van der Waals surface area contributed by atoms with Gasteiger partial charge >= 0.3 is 5.97 Å². The molecular formula is C20H21N2O7S-. The van der Waals surface area contributed by atoms with Gasteiger partial charge in [-0.05, 0) is 24.6 Å². The largest absolute Gasteiger partial charge is 0.738 e. The van der Waals surface area contributed by atoms with Gasteiger partial charge in [-0.25, -0.2) is 4.79 Å². The van der Waals surface area contributed by atoms with Crippen molar-refractivity contribution in [2.45, 2.75) is 19.6 Å². The van der Waals surface area contributed by atoms with E-state index in [2.05, 4.69) is 10.2 Å². The van der Waals surface area contributed by atoms with Crippen LogP contribution in [0.3, 0.4) is 0 Å². The molecule has 1 amide bonds. The fraction of sp³-hybridized carbons (Fsp3) is 0.250. The normalized spacial score (nSPS) is 11.7.